The third-order valence-electron chi connectivity index (χ3n) is 5.38. The maximum atomic E-state index is 12.6. The summed E-state index contributed by atoms with van der Waals surface area (Å²) in [4.78, 5) is 30.3. The number of morpholine rings is 1. The van der Waals surface area contributed by atoms with Crippen LogP contribution in [0, 0.1) is 5.92 Å². The van der Waals surface area contributed by atoms with Gasteiger partial charge in [-0.05, 0) is 25.2 Å². The van der Waals surface area contributed by atoms with Crippen molar-refractivity contribution in [3.8, 4) is 0 Å². The highest BCUT2D eigenvalue weighted by molar-refractivity contribution is 5.78. The van der Waals surface area contributed by atoms with Crippen LogP contribution in [0.4, 0.5) is 4.79 Å². The Hall–Kier alpha value is -1.34. The van der Waals surface area contributed by atoms with Crippen molar-refractivity contribution in [1.82, 2.24) is 20.0 Å². The molecule has 2 atom stereocenters. The van der Waals surface area contributed by atoms with Crippen LogP contribution < -0.4 is 5.32 Å². The van der Waals surface area contributed by atoms with E-state index in [0.717, 1.165) is 58.8 Å². The van der Waals surface area contributed by atoms with E-state index in [1.54, 1.807) is 11.9 Å². The van der Waals surface area contributed by atoms with E-state index in [2.05, 4.69) is 10.2 Å². The molecule has 0 saturated carbocycles. The number of urea groups is 1. The largest absolute Gasteiger partial charge is 0.379 e. The van der Waals surface area contributed by atoms with E-state index >= 15 is 0 Å². The first-order valence-corrected chi connectivity index (χ1v) is 9.21. The van der Waals surface area contributed by atoms with Crippen molar-refractivity contribution in [2.45, 2.75) is 31.7 Å². The van der Waals surface area contributed by atoms with E-state index in [-0.39, 0.29) is 18.0 Å². The summed E-state index contributed by atoms with van der Waals surface area (Å²) < 4.78 is 5.40. The van der Waals surface area contributed by atoms with Crippen molar-refractivity contribution in [3.63, 3.8) is 0 Å². The Morgan fingerprint density at radius 3 is 2.75 bits per heavy atom. The van der Waals surface area contributed by atoms with Crippen LogP contribution in [-0.2, 0) is 9.53 Å². The van der Waals surface area contributed by atoms with Gasteiger partial charge in [-0.25, -0.2) is 4.79 Å². The first-order chi connectivity index (χ1) is 11.6. The summed E-state index contributed by atoms with van der Waals surface area (Å²) in [5, 5.41) is 3.12. The second-order valence-corrected chi connectivity index (χ2v) is 7.33. The van der Waals surface area contributed by atoms with Crippen LogP contribution in [0.3, 0.4) is 0 Å². The number of nitrogens with one attached hydrogen (secondary N) is 1. The van der Waals surface area contributed by atoms with E-state index in [0.29, 0.717) is 18.9 Å². The molecule has 3 aliphatic heterocycles. The normalized spacial score (nSPS) is 29.6. The molecule has 0 aromatic heterocycles. The maximum absolute atomic E-state index is 12.6. The molecule has 0 unspecified atom stereocenters. The molecule has 0 spiro atoms. The van der Waals surface area contributed by atoms with Crippen molar-refractivity contribution in [2.24, 2.45) is 5.92 Å². The molecule has 24 heavy (non-hydrogen) atoms. The molecular weight excluding hydrogens is 308 g/mol. The van der Waals surface area contributed by atoms with Crippen LogP contribution in [-0.4, -0.2) is 92.2 Å². The molecule has 0 radical (unpaired) electrons. The minimum atomic E-state index is 0.0365. The summed E-state index contributed by atoms with van der Waals surface area (Å²) in [6, 6.07) is 0.120. The summed E-state index contributed by atoms with van der Waals surface area (Å²) in [5.74, 6) is 0.724. The lowest BCUT2D eigenvalue weighted by atomic mass is 9.97. The van der Waals surface area contributed by atoms with Gasteiger partial charge in [0.2, 0.25) is 5.91 Å². The molecule has 3 amide bonds. The Labute approximate surface area is 144 Å². The Morgan fingerprint density at radius 2 is 2.00 bits per heavy atom. The van der Waals surface area contributed by atoms with E-state index in [9.17, 15) is 9.59 Å². The van der Waals surface area contributed by atoms with Crippen LogP contribution in [0.15, 0.2) is 0 Å². The van der Waals surface area contributed by atoms with Crippen LogP contribution in [0.1, 0.15) is 25.7 Å². The molecule has 136 valence electrons. The minimum absolute atomic E-state index is 0.0365. The van der Waals surface area contributed by atoms with E-state index in [1.807, 2.05) is 4.90 Å². The lowest BCUT2D eigenvalue weighted by Gasteiger charge is -2.38. The van der Waals surface area contributed by atoms with Gasteiger partial charge in [0, 0.05) is 58.8 Å². The third-order valence-corrected chi connectivity index (χ3v) is 5.38. The molecule has 3 heterocycles. The molecule has 3 fully saturated rings. The van der Waals surface area contributed by atoms with Gasteiger partial charge in [0.1, 0.15) is 0 Å². The number of carbonyl (C=O) groups excluding carboxylic acids is 2. The van der Waals surface area contributed by atoms with E-state index in [1.165, 1.54) is 6.42 Å². The summed E-state index contributed by atoms with van der Waals surface area (Å²) in [6.07, 6.45) is 3.55. The Kier molecular flexibility index (Phi) is 5.94. The first-order valence-electron chi connectivity index (χ1n) is 9.21. The summed E-state index contributed by atoms with van der Waals surface area (Å²) in [6.45, 7) is 7.02. The van der Waals surface area contributed by atoms with E-state index in [4.69, 9.17) is 4.74 Å². The molecule has 3 aliphatic rings. The Balaban J connectivity index is 1.45. The number of likely N-dealkylation sites (tertiary alicyclic amines) is 2. The third kappa shape index (κ3) is 4.60. The number of rotatable bonds is 3. The number of nitrogens with zero attached hydrogens (tertiary/aromatic N) is 3. The average molecular weight is 338 g/mol. The molecule has 0 bridgehead atoms. The fraction of sp³-hybridized carbons (Fsp3) is 0.882. The van der Waals surface area contributed by atoms with Crippen molar-refractivity contribution >= 4 is 11.9 Å². The van der Waals surface area contributed by atoms with Gasteiger partial charge in [0.15, 0.2) is 0 Å². The highest BCUT2D eigenvalue weighted by atomic mass is 16.5. The monoisotopic (exact) mass is 338 g/mol. The van der Waals surface area contributed by atoms with Gasteiger partial charge in [0.05, 0.1) is 13.2 Å². The summed E-state index contributed by atoms with van der Waals surface area (Å²) in [7, 11) is 1.81. The topological polar surface area (TPSA) is 65.1 Å². The van der Waals surface area contributed by atoms with E-state index < -0.39 is 0 Å². The number of hydrogen-bond acceptors (Lipinski definition) is 4. The van der Waals surface area contributed by atoms with Crippen LogP contribution in [0.25, 0.3) is 0 Å². The molecule has 0 aliphatic carbocycles. The van der Waals surface area contributed by atoms with Crippen molar-refractivity contribution in [1.29, 1.82) is 0 Å². The summed E-state index contributed by atoms with van der Waals surface area (Å²) >= 11 is 0. The number of amides is 3. The van der Waals surface area contributed by atoms with Gasteiger partial charge in [-0.2, -0.15) is 0 Å². The van der Waals surface area contributed by atoms with Gasteiger partial charge in [0.25, 0.3) is 0 Å². The molecule has 7 nitrogen and oxygen atoms in total. The molecule has 3 rings (SSSR count). The molecule has 0 aromatic carbocycles. The Morgan fingerprint density at radius 1 is 1.21 bits per heavy atom. The maximum Gasteiger partial charge on any atom is 0.317 e. The predicted molar refractivity (Wildman–Crippen MR) is 90.7 cm³/mol. The number of likely N-dealkylation sites (N-methyl/N-ethyl adjacent to an activating group) is 1. The molecule has 0 aromatic rings. The lowest BCUT2D eigenvalue weighted by Crippen LogP contribution is -2.54. The van der Waals surface area contributed by atoms with Crippen molar-refractivity contribution in [3.05, 3.63) is 0 Å². The minimum Gasteiger partial charge on any atom is -0.379 e. The zero-order valence-electron chi connectivity index (χ0n) is 14.7. The predicted octanol–water partition coefficient (Wildman–Crippen LogP) is 0.361. The van der Waals surface area contributed by atoms with Crippen LogP contribution in [0.5, 0.6) is 0 Å². The van der Waals surface area contributed by atoms with Gasteiger partial charge in [-0.15, -0.1) is 0 Å². The first kappa shape index (κ1) is 17.5. The second kappa shape index (κ2) is 8.16. The Bertz CT molecular complexity index is 453. The smallest absolute Gasteiger partial charge is 0.317 e. The fourth-order valence-corrected chi connectivity index (χ4v) is 3.94. The van der Waals surface area contributed by atoms with Gasteiger partial charge >= 0.3 is 6.03 Å². The van der Waals surface area contributed by atoms with Gasteiger partial charge in [-0.3, -0.25) is 9.69 Å². The number of carbonyl (C=O) groups is 2. The van der Waals surface area contributed by atoms with Gasteiger partial charge < -0.3 is 19.9 Å². The zero-order valence-corrected chi connectivity index (χ0v) is 14.7. The fourth-order valence-electron chi connectivity index (χ4n) is 3.94. The molecular formula is C17H30N4O3. The standard InChI is InChI=1S/C17H30N4O3/c1-19-13-15(4-5-16(19)22)18-17(23)21-6-2-3-14(12-21)11-20-7-9-24-10-8-20/h14-15H,2-13H2,1H3,(H,18,23)/t14-,15-/m1/s1. The summed E-state index contributed by atoms with van der Waals surface area (Å²) in [5.41, 5.74) is 0. The molecule has 1 N–H and O–H groups in total. The average Bonchev–Trinajstić information content (AvgIpc) is 2.59. The number of piperidine rings is 2. The number of hydrogen-bond donors (Lipinski definition) is 1. The zero-order chi connectivity index (χ0) is 16.9. The van der Waals surface area contributed by atoms with Gasteiger partial charge in [-0.1, -0.05) is 0 Å². The van der Waals surface area contributed by atoms with Crippen LogP contribution in [0.2, 0.25) is 0 Å². The molecule has 7 heteroatoms. The molecule has 3 saturated heterocycles. The number of ether oxygens (including phenoxy) is 1. The van der Waals surface area contributed by atoms with Crippen molar-refractivity contribution in [2.75, 3.05) is 59.5 Å². The second-order valence-electron chi connectivity index (χ2n) is 7.33. The SMILES string of the molecule is CN1C[C@H](NC(=O)N2CCC[C@H](CN3CCOCC3)C2)CCC1=O. The highest BCUT2D eigenvalue weighted by Gasteiger charge is 2.29. The lowest BCUT2D eigenvalue weighted by molar-refractivity contribution is -0.132. The van der Waals surface area contributed by atoms with Crippen molar-refractivity contribution < 1.29 is 14.3 Å². The van der Waals surface area contributed by atoms with Crippen LogP contribution >= 0.6 is 0 Å². The quantitative estimate of drug-likeness (QED) is 0.807. The highest BCUT2D eigenvalue weighted by Crippen LogP contribution is 2.19.